The van der Waals surface area contributed by atoms with Gasteiger partial charge in [-0.2, -0.15) is 0 Å². The van der Waals surface area contributed by atoms with E-state index in [0.717, 1.165) is 28.2 Å². The largest absolute Gasteiger partial charge is 0.382 e. The first-order chi connectivity index (χ1) is 9.30. The SMILES string of the molecule is CC(C)COC1CC(Nc2ccc(Br)c(Cl)c2)C1(C)C. The van der Waals surface area contributed by atoms with Crippen LogP contribution in [0.15, 0.2) is 22.7 Å². The van der Waals surface area contributed by atoms with Crippen molar-refractivity contribution in [2.24, 2.45) is 11.3 Å². The van der Waals surface area contributed by atoms with Crippen molar-refractivity contribution in [3.05, 3.63) is 27.7 Å². The standard InChI is InChI=1S/C16H23BrClNO/c1-10(2)9-20-15-8-14(16(15,3)4)19-11-5-6-12(17)13(18)7-11/h5-7,10,14-15,19H,8-9H2,1-4H3. The molecule has 4 heteroatoms. The average molecular weight is 361 g/mol. The van der Waals surface area contributed by atoms with Gasteiger partial charge in [0.2, 0.25) is 0 Å². The molecule has 2 nitrogen and oxygen atoms in total. The Morgan fingerprint density at radius 2 is 2.15 bits per heavy atom. The Morgan fingerprint density at radius 3 is 2.70 bits per heavy atom. The Kier molecular flexibility index (Phi) is 5.04. The number of rotatable bonds is 5. The van der Waals surface area contributed by atoms with Crippen LogP contribution < -0.4 is 5.32 Å². The molecule has 2 rings (SSSR count). The Balaban J connectivity index is 1.93. The van der Waals surface area contributed by atoms with Crippen molar-refractivity contribution in [1.29, 1.82) is 0 Å². The molecule has 0 bridgehead atoms. The van der Waals surface area contributed by atoms with Crippen LogP contribution in [0.5, 0.6) is 0 Å². The molecule has 0 radical (unpaired) electrons. The summed E-state index contributed by atoms with van der Waals surface area (Å²) in [5.74, 6) is 0.586. The molecule has 0 amide bonds. The van der Waals surface area contributed by atoms with Crippen molar-refractivity contribution >= 4 is 33.2 Å². The zero-order chi connectivity index (χ0) is 14.9. The van der Waals surface area contributed by atoms with Crippen LogP contribution in [-0.2, 0) is 4.74 Å². The molecule has 1 aromatic carbocycles. The third-order valence-electron chi connectivity index (χ3n) is 4.07. The molecule has 1 saturated carbocycles. The van der Waals surface area contributed by atoms with E-state index in [1.54, 1.807) is 0 Å². The highest BCUT2D eigenvalue weighted by Gasteiger charge is 2.49. The number of benzene rings is 1. The molecule has 1 aliphatic rings. The maximum Gasteiger partial charge on any atom is 0.0665 e. The van der Waals surface area contributed by atoms with E-state index in [2.05, 4.69) is 48.9 Å². The van der Waals surface area contributed by atoms with Gasteiger partial charge in [0.05, 0.1) is 11.1 Å². The molecule has 20 heavy (non-hydrogen) atoms. The predicted molar refractivity (Wildman–Crippen MR) is 89.5 cm³/mol. The second kappa shape index (κ2) is 6.25. The monoisotopic (exact) mass is 359 g/mol. The summed E-state index contributed by atoms with van der Waals surface area (Å²) < 4.78 is 6.92. The Labute approximate surface area is 135 Å². The van der Waals surface area contributed by atoms with Gasteiger partial charge in [-0.05, 0) is 46.5 Å². The van der Waals surface area contributed by atoms with Crippen LogP contribution in [0.1, 0.15) is 34.1 Å². The summed E-state index contributed by atoms with van der Waals surface area (Å²) in [6, 6.07) is 6.42. The van der Waals surface area contributed by atoms with Crippen LogP contribution in [0.4, 0.5) is 5.69 Å². The summed E-state index contributed by atoms with van der Waals surface area (Å²) in [5.41, 5.74) is 1.22. The van der Waals surface area contributed by atoms with E-state index in [9.17, 15) is 0 Å². The molecule has 112 valence electrons. The summed E-state index contributed by atoms with van der Waals surface area (Å²) in [7, 11) is 0. The maximum atomic E-state index is 6.13. The van der Waals surface area contributed by atoms with Crippen LogP contribution in [-0.4, -0.2) is 18.8 Å². The molecule has 1 fully saturated rings. The Morgan fingerprint density at radius 1 is 1.45 bits per heavy atom. The molecule has 0 aromatic heterocycles. The fourth-order valence-corrected chi connectivity index (χ4v) is 2.94. The second-order valence-electron chi connectivity index (χ2n) is 6.60. The topological polar surface area (TPSA) is 21.3 Å². The van der Waals surface area contributed by atoms with E-state index in [1.807, 2.05) is 18.2 Å². The van der Waals surface area contributed by atoms with Gasteiger partial charge < -0.3 is 10.1 Å². The minimum absolute atomic E-state index is 0.147. The quantitative estimate of drug-likeness (QED) is 0.763. The highest BCUT2D eigenvalue weighted by Crippen LogP contribution is 2.44. The fraction of sp³-hybridized carbons (Fsp3) is 0.625. The first-order valence-electron chi connectivity index (χ1n) is 7.14. The van der Waals surface area contributed by atoms with E-state index in [0.29, 0.717) is 18.1 Å². The fourth-order valence-electron chi connectivity index (χ4n) is 2.51. The number of anilines is 1. The summed E-state index contributed by atoms with van der Waals surface area (Å²) in [6.07, 6.45) is 1.39. The number of ether oxygens (including phenoxy) is 1. The molecule has 0 aliphatic heterocycles. The third kappa shape index (κ3) is 3.49. The lowest BCUT2D eigenvalue weighted by Gasteiger charge is -2.52. The van der Waals surface area contributed by atoms with Crippen LogP contribution in [0.2, 0.25) is 5.02 Å². The highest BCUT2D eigenvalue weighted by atomic mass is 79.9. The van der Waals surface area contributed by atoms with E-state index in [4.69, 9.17) is 16.3 Å². The summed E-state index contributed by atoms with van der Waals surface area (Å²) in [6.45, 7) is 9.74. The first-order valence-corrected chi connectivity index (χ1v) is 8.31. The van der Waals surface area contributed by atoms with Gasteiger partial charge in [-0.1, -0.05) is 39.3 Å². The molecular formula is C16H23BrClNO. The second-order valence-corrected chi connectivity index (χ2v) is 7.86. The van der Waals surface area contributed by atoms with Crippen molar-refractivity contribution < 1.29 is 4.74 Å². The normalized spacial score (nSPS) is 24.6. The van der Waals surface area contributed by atoms with Crippen molar-refractivity contribution in [3.63, 3.8) is 0 Å². The molecule has 2 atom stereocenters. The van der Waals surface area contributed by atoms with Crippen LogP contribution in [0.3, 0.4) is 0 Å². The Hall–Kier alpha value is -0.250. The third-order valence-corrected chi connectivity index (χ3v) is 5.30. The van der Waals surface area contributed by atoms with Crippen molar-refractivity contribution in [2.75, 3.05) is 11.9 Å². The maximum absolute atomic E-state index is 6.13. The van der Waals surface area contributed by atoms with Gasteiger partial charge in [0.1, 0.15) is 0 Å². The zero-order valence-corrected chi connectivity index (χ0v) is 14.9. The minimum Gasteiger partial charge on any atom is -0.382 e. The van der Waals surface area contributed by atoms with Crippen molar-refractivity contribution in [2.45, 2.75) is 46.3 Å². The summed E-state index contributed by atoms with van der Waals surface area (Å²) >= 11 is 9.54. The molecule has 0 saturated heterocycles. The zero-order valence-electron chi connectivity index (χ0n) is 12.5. The molecule has 2 unspecified atom stereocenters. The predicted octanol–water partition coefficient (Wildman–Crippen LogP) is 5.35. The number of hydrogen-bond donors (Lipinski definition) is 1. The van der Waals surface area contributed by atoms with Crippen LogP contribution in [0.25, 0.3) is 0 Å². The summed E-state index contributed by atoms with van der Waals surface area (Å²) in [4.78, 5) is 0. The lowest BCUT2D eigenvalue weighted by atomic mass is 9.64. The van der Waals surface area contributed by atoms with Crippen molar-refractivity contribution in [3.8, 4) is 0 Å². The molecule has 1 aromatic rings. The van der Waals surface area contributed by atoms with E-state index < -0.39 is 0 Å². The van der Waals surface area contributed by atoms with Gasteiger partial charge in [-0.25, -0.2) is 0 Å². The number of nitrogens with one attached hydrogen (secondary N) is 1. The number of halogens is 2. The number of hydrogen-bond acceptors (Lipinski definition) is 2. The van der Waals surface area contributed by atoms with Gasteiger partial charge in [-0.3, -0.25) is 0 Å². The summed E-state index contributed by atoms with van der Waals surface area (Å²) in [5, 5.41) is 4.30. The highest BCUT2D eigenvalue weighted by molar-refractivity contribution is 9.10. The smallest absolute Gasteiger partial charge is 0.0665 e. The van der Waals surface area contributed by atoms with E-state index in [1.165, 1.54) is 0 Å². The minimum atomic E-state index is 0.147. The molecule has 1 aliphatic carbocycles. The Bertz CT molecular complexity index is 476. The van der Waals surface area contributed by atoms with Gasteiger partial charge in [0.25, 0.3) is 0 Å². The lowest BCUT2D eigenvalue weighted by molar-refractivity contribution is -0.108. The van der Waals surface area contributed by atoms with Gasteiger partial charge in [-0.15, -0.1) is 0 Å². The van der Waals surface area contributed by atoms with Gasteiger partial charge in [0, 0.05) is 28.2 Å². The van der Waals surface area contributed by atoms with Crippen LogP contribution in [0, 0.1) is 11.3 Å². The molecule has 1 N–H and O–H groups in total. The molecule has 0 heterocycles. The van der Waals surface area contributed by atoms with Gasteiger partial charge in [0.15, 0.2) is 0 Å². The first kappa shape index (κ1) is 16.1. The molecule has 0 spiro atoms. The molecular weight excluding hydrogens is 338 g/mol. The van der Waals surface area contributed by atoms with E-state index in [-0.39, 0.29) is 5.41 Å². The average Bonchev–Trinajstić information content (AvgIpc) is 2.36. The van der Waals surface area contributed by atoms with Crippen molar-refractivity contribution in [1.82, 2.24) is 0 Å². The lowest BCUT2D eigenvalue weighted by Crippen LogP contribution is -2.58. The van der Waals surface area contributed by atoms with E-state index >= 15 is 0 Å². The van der Waals surface area contributed by atoms with Crippen LogP contribution >= 0.6 is 27.5 Å². The van der Waals surface area contributed by atoms with Gasteiger partial charge >= 0.3 is 0 Å².